The van der Waals surface area contributed by atoms with Gasteiger partial charge in [0.2, 0.25) is 5.91 Å². The van der Waals surface area contributed by atoms with Crippen LogP contribution in [-0.2, 0) is 11.2 Å². The summed E-state index contributed by atoms with van der Waals surface area (Å²) in [5.74, 6) is 1.23. The van der Waals surface area contributed by atoms with E-state index < -0.39 is 0 Å². The van der Waals surface area contributed by atoms with Crippen molar-refractivity contribution < 1.29 is 9.18 Å². The van der Waals surface area contributed by atoms with Crippen molar-refractivity contribution in [3.8, 4) is 0 Å². The van der Waals surface area contributed by atoms with Gasteiger partial charge >= 0.3 is 0 Å². The smallest absolute Gasteiger partial charge is 0.227 e. The molecule has 1 aromatic carbocycles. The van der Waals surface area contributed by atoms with Crippen molar-refractivity contribution in [2.75, 3.05) is 31.1 Å². The van der Waals surface area contributed by atoms with E-state index in [0.29, 0.717) is 19.0 Å². The number of carbonyl (C=O) groups is 1. The van der Waals surface area contributed by atoms with Gasteiger partial charge in [-0.1, -0.05) is 18.2 Å². The van der Waals surface area contributed by atoms with Crippen LogP contribution in [0.25, 0.3) is 5.52 Å². The molecule has 6 heteroatoms. The van der Waals surface area contributed by atoms with Crippen molar-refractivity contribution in [2.45, 2.75) is 25.2 Å². The molecular formula is C22H23FN4O. The zero-order valence-electron chi connectivity index (χ0n) is 15.7. The van der Waals surface area contributed by atoms with Gasteiger partial charge in [-0.2, -0.15) is 5.10 Å². The van der Waals surface area contributed by atoms with Gasteiger partial charge in [-0.25, -0.2) is 8.91 Å². The highest BCUT2D eigenvalue weighted by Crippen LogP contribution is 2.41. The first-order valence-electron chi connectivity index (χ1n) is 9.93. The molecule has 0 atom stereocenters. The second kappa shape index (κ2) is 6.93. The number of halogens is 1. The molecule has 1 saturated heterocycles. The molecule has 2 aliphatic rings. The predicted octanol–water partition coefficient (Wildman–Crippen LogP) is 3.24. The SMILES string of the molecule is O=C(Cc1ccc(C2CC2)c(F)c1)N1CCN(c2cc3ccccn3n2)CC1. The zero-order chi connectivity index (χ0) is 19.1. The standard InChI is InChI=1S/C22H23FN4O/c23-20-13-16(4-7-19(20)17-5-6-17)14-22(28)26-11-9-25(10-12-26)21-15-18-3-1-2-8-27(18)24-21/h1-4,7-8,13,15,17H,5-6,9-12,14H2. The number of piperazine rings is 1. The molecule has 0 spiro atoms. The van der Waals surface area contributed by atoms with Gasteiger partial charge in [-0.15, -0.1) is 0 Å². The summed E-state index contributed by atoms with van der Waals surface area (Å²) in [6, 6.07) is 13.4. The average Bonchev–Trinajstić information content (AvgIpc) is 3.45. The number of fused-ring (bicyclic) bond motifs is 1. The average molecular weight is 378 g/mol. The summed E-state index contributed by atoms with van der Waals surface area (Å²) in [7, 11) is 0. The third-order valence-electron chi connectivity index (χ3n) is 5.75. The van der Waals surface area contributed by atoms with Crippen LogP contribution in [0, 0.1) is 5.82 Å². The van der Waals surface area contributed by atoms with Gasteiger partial charge < -0.3 is 9.80 Å². The van der Waals surface area contributed by atoms with E-state index in [9.17, 15) is 9.18 Å². The summed E-state index contributed by atoms with van der Waals surface area (Å²) in [6.45, 7) is 2.83. The highest BCUT2D eigenvalue weighted by molar-refractivity contribution is 5.79. The Kier molecular flexibility index (Phi) is 4.26. The maximum atomic E-state index is 14.2. The Morgan fingerprint density at radius 1 is 1.07 bits per heavy atom. The summed E-state index contributed by atoms with van der Waals surface area (Å²) in [5, 5.41) is 4.61. The van der Waals surface area contributed by atoms with E-state index in [1.54, 1.807) is 6.07 Å². The highest BCUT2D eigenvalue weighted by atomic mass is 19.1. The minimum absolute atomic E-state index is 0.0632. The zero-order valence-corrected chi connectivity index (χ0v) is 15.7. The van der Waals surface area contributed by atoms with Gasteiger partial charge in [-0.3, -0.25) is 4.79 Å². The number of benzene rings is 1. The molecule has 1 aliphatic carbocycles. The quantitative estimate of drug-likeness (QED) is 0.700. The fraction of sp³-hybridized carbons (Fsp3) is 0.364. The van der Waals surface area contributed by atoms with Gasteiger partial charge in [0.05, 0.1) is 11.9 Å². The van der Waals surface area contributed by atoms with E-state index >= 15 is 0 Å². The van der Waals surface area contributed by atoms with Crippen LogP contribution in [0.1, 0.15) is 29.9 Å². The van der Waals surface area contributed by atoms with E-state index in [-0.39, 0.29) is 18.1 Å². The normalized spacial score (nSPS) is 17.3. The molecule has 2 fully saturated rings. The third kappa shape index (κ3) is 3.35. The minimum atomic E-state index is -0.163. The Morgan fingerprint density at radius 2 is 1.89 bits per heavy atom. The molecule has 28 heavy (non-hydrogen) atoms. The fourth-order valence-corrected chi connectivity index (χ4v) is 3.96. The van der Waals surface area contributed by atoms with Crippen LogP contribution in [0.15, 0.2) is 48.7 Å². The molecule has 0 radical (unpaired) electrons. The Morgan fingerprint density at radius 3 is 2.61 bits per heavy atom. The van der Waals surface area contributed by atoms with Crippen LogP contribution in [0.2, 0.25) is 0 Å². The molecule has 3 aromatic rings. The fourth-order valence-electron chi connectivity index (χ4n) is 3.96. The van der Waals surface area contributed by atoms with E-state index in [1.165, 1.54) is 0 Å². The molecule has 144 valence electrons. The monoisotopic (exact) mass is 378 g/mol. The first-order valence-corrected chi connectivity index (χ1v) is 9.93. The summed E-state index contributed by atoms with van der Waals surface area (Å²) < 4.78 is 16.1. The highest BCUT2D eigenvalue weighted by Gasteiger charge is 2.27. The van der Waals surface area contributed by atoms with Gasteiger partial charge in [0.25, 0.3) is 0 Å². The number of hydrogen-bond donors (Lipinski definition) is 0. The minimum Gasteiger partial charge on any atom is -0.352 e. The lowest BCUT2D eigenvalue weighted by atomic mass is 10.0. The number of amides is 1. The van der Waals surface area contributed by atoms with Crippen molar-refractivity contribution in [3.63, 3.8) is 0 Å². The molecule has 0 bridgehead atoms. The number of nitrogens with zero attached hydrogens (tertiary/aromatic N) is 4. The molecule has 0 unspecified atom stereocenters. The summed E-state index contributed by atoms with van der Waals surface area (Å²) in [5.41, 5.74) is 2.62. The van der Waals surface area contributed by atoms with Crippen molar-refractivity contribution in [1.82, 2.24) is 14.5 Å². The van der Waals surface area contributed by atoms with Gasteiger partial charge in [0.1, 0.15) is 5.82 Å². The molecule has 1 amide bonds. The molecular weight excluding hydrogens is 355 g/mol. The number of hydrogen-bond acceptors (Lipinski definition) is 3. The maximum Gasteiger partial charge on any atom is 0.227 e. The molecule has 0 N–H and O–H groups in total. The summed E-state index contributed by atoms with van der Waals surface area (Å²) in [6.07, 6.45) is 4.35. The first kappa shape index (κ1) is 17.2. The Hall–Kier alpha value is -2.89. The van der Waals surface area contributed by atoms with Crippen molar-refractivity contribution in [2.24, 2.45) is 0 Å². The van der Waals surface area contributed by atoms with Gasteiger partial charge in [-0.05, 0) is 48.1 Å². The van der Waals surface area contributed by atoms with Crippen LogP contribution >= 0.6 is 0 Å². The topological polar surface area (TPSA) is 40.9 Å². The molecule has 1 aliphatic heterocycles. The number of aromatic nitrogens is 2. The molecule has 5 rings (SSSR count). The lowest BCUT2D eigenvalue weighted by molar-refractivity contribution is -0.130. The summed E-state index contributed by atoms with van der Waals surface area (Å²) in [4.78, 5) is 16.7. The molecule has 1 saturated carbocycles. The Labute approximate surface area is 163 Å². The first-order chi connectivity index (χ1) is 13.7. The molecule has 3 heterocycles. The van der Waals surface area contributed by atoms with E-state index in [2.05, 4.69) is 16.1 Å². The largest absolute Gasteiger partial charge is 0.352 e. The van der Waals surface area contributed by atoms with E-state index in [4.69, 9.17) is 0 Å². The second-order valence-corrected chi connectivity index (χ2v) is 7.75. The Bertz CT molecular complexity index is 985. The lowest BCUT2D eigenvalue weighted by Gasteiger charge is -2.34. The van der Waals surface area contributed by atoms with Crippen molar-refractivity contribution in [1.29, 1.82) is 0 Å². The molecule has 2 aromatic heterocycles. The van der Waals surface area contributed by atoms with Crippen molar-refractivity contribution >= 4 is 17.2 Å². The van der Waals surface area contributed by atoms with Crippen molar-refractivity contribution in [3.05, 3.63) is 65.6 Å². The van der Waals surface area contributed by atoms with Crippen LogP contribution in [0.5, 0.6) is 0 Å². The van der Waals surface area contributed by atoms with Gasteiger partial charge in [0.15, 0.2) is 5.82 Å². The maximum absolute atomic E-state index is 14.2. The number of pyridine rings is 1. The van der Waals surface area contributed by atoms with E-state index in [1.807, 2.05) is 45.9 Å². The summed E-state index contributed by atoms with van der Waals surface area (Å²) >= 11 is 0. The van der Waals surface area contributed by atoms with E-state index in [0.717, 1.165) is 48.4 Å². The number of carbonyl (C=O) groups excluding carboxylic acids is 1. The lowest BCUT2D eigenvalue weighted by Crippen LogP contribution is -2.49. The van der Waals surface area contributed by atoms with Gasteiger partial charge in [0, 0.05) is 38.4 Å². The Balaban J connectivity index is 1.20. The number of anilines is 1. The third-order valence-corrected chi connectivity index (χ3v) is 5.75. The van der Waals surface area contributed by atoms with Crippen LogP contribution in [-0.4, -0.2) is 46.6 Å². The second-order valence-electron chi connectivity index (χ2n) is 7.75. The van der Waals surface area contributed by atoms with Crippen LogP contribution < -0.4 is 4.90 Å². The van der Waals surface area contributed by atoms with Crippen LogP contribution in [0.3, 0.4) is 0 Å². The predicted molar refractivity (Wildman–Crippen MR) is 106 cm³/mol. The molecule has 5 nitrogen and oxygen atoms in total. The number of rotatable bonds is 4. The van der Waals surface area contributed by atoms with Crippen LogP contribution in [0.4, 0.5) is 10.2 Å².